The van der Waals surface area contributed by atoms with Crippen molar-refractivity contribution in [2.45, 2.75) is 13.3 Å². The number of amides is 1. The number of nitrogens with two attached hydrogens (primary N) is 2. The number of rotatable bonds is 6. The monoisotopic (exact) mass is 252 g/mol. The first-order valence-electron chi connectivity index (χ1n) is 5.49. The highest BCUT2D eigenvalue weighted by Gasteiger charge is 2.10. The first-order chi connectivity index (χ1) is 8.54. The van der Waals surface area contributed by atoms with Gasteiger partial charge < -0.3 is 21.5 Å². The van der Waals surface area contributed by atoms with Gasteiger partial charge >= 0.3 is 5.97 Å². The molecule has 0 unspecified atom stereocenters. The lowest BCUT2D eigenvalue weighted by molar-refractivity contribution is -0.142. The maximum Gasteiger partial charge on any atom is 0.307 e. The summed E-state index contributed by atoms with van der Waals surface area (Å²) >= 11 is 0. The number of aromatic nitrogens is 1. The van der Waals surface area contributed by atoms with E-state index >= 15 is 0 Å². The van der Waals surface area contributed by atoms with Crippen LogP contribution in [0.15, 0.2) is 12.3 Å². The molecule has 18 heavy (non-hydrogen) atoms. The summed E-state index contributed by atoms with van der Waals surface area (Å²) in [5.74, 6) is -0.643. The Labute approximate surface area is 105 Å². The molecule has 0 bridgehead atoms. The Morgan fingerprint density at radius 3 is 2.83 bits per heavy atom. The third kappa shape index (κ3) is 3.93. The normalized spacial score (nSPS) is 9.83. The maximum absolute atomic E-state index is 11.2. The molecule has 1 rings (SSSR count). The number of carbonyl (C=O) groups excluding carboxylic acids is 2. The predicted octanol–water partition coefficient (Wildman–Crippen LogP) is 0.128. The highest BCUT2D eigenvalue weighted by molar-refractivity contribution is 5.98. The highest BCUT2D eigenvalue weighted by Crippen LogP contribution is 2.14. The Morgan fingerprint density at radius 2 is 2.22 bits per heavy atom. The summed E-state index contributed by atoms with van der Waals surface area (Å²) in [5.41, 5.74) is 11.2. The third-order valence-corrected chi connectivity index (χ3v) is 2.10. The van der Waals surface area contributed by atoms with Crippen LogP contribution in [0, 0.1) is 0 Å². The minimum atomic E-state index is -0.631. The molecule has 1 aromatic rings. The van der Waals surface area contributed by atoms with Crippen molar-refractivity contribution >= 4 is 23.4 Å². The van der Waals surface area contributed by atoms with Crippen LogP contribution in [0.1, 0.15) is 23.7 Å². The van der Waals surface area contributed by atoms with E-state index in [-0.39, 0.29) is 18.0 Å². The van der Waals surface area contributed by atoms with Gasteiger partial charge in [0.05, 0.1) is 30.5 Å². The lowest BCUT2D eigenvalue weighted by atomic mass is 10.2. The fraction of sp³-hybridized carbons (Fsp3) is 0.364. The van der Waals surface area contributed by atoms with Crippen LogP contribution < -0.4 is 16.8 Å². The molecule has 0 aromatic carbocycles. The summed E-state index contributed by atoms with van der Waals surface area (Å²) < 4.78 is 4.77. The van der Waals surface area contributed by atoms with E-state index in [0.29, 0.717) is 24.7 Å². The van der Waals surface area contributed by atoms with Crippen LogP contribution >= 0.6 is 0 Å². The van der Waals surface area contributed by atoms with Crippen LogP contribution in [0.2, 0.25) is 0 Å². The van der Waals surface area contributed by atoms with Gasteiger partial charge in [0.2, 0.25) is 0 Å². The number of esters is 1. The van der Waals surface area contributed by atoms with Crippen molar-refractivity contribution in [3.05, 3.63) is 17.8 Å². The van der Waals surface area contributed by atoms with Gasteiger partial charge in [0.25, 0.3) is 5.91 Å². The zero-order valence-corrected chi connectivity index (χ0v) is 10.1. The van der Waals surface area contributed by atoms with E-state index in [4.69, 9.17) is 16.2 Å². The van der Waals surface area contributed by atoms with E-state index in [2.05, 4.69) is 10.3 Å². The van der Waals surface area contributed by atoms with Gasteiger partial charge in [-0.3, -0.25) is 9.59 Å². The zero-order valence-electron chi connectivity index (χ0n) is 10.1. The molecular formula is C11H16N4O3. The molecule has 1 aromatic heterocycles. The average Bonchev–Trinajstić information content (AvgIpc) is 2.31. The zero-order chi connectivity index (χ0) is 13.5. The van der Waals surface area contributed by atoms with Crippen molar-refractivity contribution in [2.75, 3.05) is 24.2 Å². The number of nitrogen functional groups attached to an aromatic ring is 1. The van der Waals surface area contributed by atoms with Gasteiger partial charge in [0.15, 0.2) is 0 Å². The van der Waals surface area contributed by atoms with Crippen molar-refractivity contribution in [2.24, 2.45) is 5.73 Å². The number of anilines is 2. The smallest absolute Gasteiger partial charge is 0.307 e. The van der Waals surface area contributed by atoms with Crippen molar-refractivity contribution in [1.29, 1.82) is 0 Å². The predicted molar refractivity (Wildman–Crippen MR) is 66.9 cm³/mol. The Bertz CT molecular complexity index is 448. The van der Waals surface area contributed by atoms with Crippen LogP contribution in [0.5, 0.6) is 0 Å². The van der Waals surface area contributed by atoms with Crippen LogP contribution in [0.25, 0.3) is 0 Å². The molecule has 0 aliphatic heterocycles. The molecule has 98 valence electrons. The number of carbonyl (C=O) groups is 2. The minimum Gasteiger partial charge on any atom is -0.466 e. The van der Waals surface area contributed by atoms with Crippen LogP contribution in [0.3, 0.4) is 0 Å². The SMILES string of the molecule is CCOC(=O)CCNc1ncc(N)cc1C(N)=O. The highest BCUT2D eigenvalue weighted by atomic mass is 16.5. The lowest BCUT2D eigenvalue weighted by Gasteiger charge is -2.09. The first-order valence-corrected chi connectivity index (χ1v) is 5.49. The molecule has 7 nitrogen and oxygen atoms in total. The Hall–Kier alpha value is -2.31. The molecule has 1 heterocycles. The van der Waals surface area contributed by atoms with Crippen LogP contribution in [-0.2, 0) is 9.53 Å². The molecule has 1 amide bonds. The Morgan fingerprint density at radius 1 is 1.50 bits per heavy atom. The van der Waals surface area contributed by atoms with Crippen molar-refractivity contribution < 1.29 is 14.3 Å². The number of hydrogen-bond donors (Lipinski definition) is 3. The number of pyridine rings is 1. The molecule has 7 heteroatoms. The maximum atomic E-state index is 11.2. The minimum absolute atomic E-state index is 0.179. The van der Waals surface area contributed by atoms with Gasteiger partial charge in [-0.25, -0.2) is 4.98 Å². The van der Waals surface area contributed by atoms with E-state index < -0.39 is 5.91 Å². The lowest BCUT2D eigenvalue weighted by Crippen LogP contribution is -2.18. The first kappa shape index (κ1) is 13.8. The number of primary amides is 1. The number of hydrogen-bond acceptors (Lipinski definition) is 6. The molecule has 0 fully saturated rings. The van der Waals surface area contributed by atoms with Crippen molar-refractivity contribution in [3.8, 4) is 0 Å². The van der Waals surface area contributed by atoms with Gasteiger partial charge in [-0.15, -0.1) is 0 Å². The van der Waals surface area contributed by atoms with Gasteiger partial charge in [-0.05, 0) is 13.0 Å². The van der Waals surface area contributed by atoms with E-state index in [0.717, 1.165) is 0 Å². The summed E-state index contributed by atoms with van der Waals surface area (Å²) in [7, 11) is 0. The fourth-order valence-corrected chi connectivity index (χ4v) is 1.33. The molecule has 0 aliphatic carbocycles. The average molecular weight is 252 g/mol. The van der Waals surface area contributed by atoms with Gasteiger partial charge in [0, 0.05) is 6.54 Å². The number of nitrogens with zero attached hydrogens (tertiary/aromatic N) is 1. The summed E-state index contributed by atoms with van der Waals surface area (Å²) in [4.78, 5) is 26.2. The molecule has 0 aliphatic rings. The quantitative estimate of drug-likeness (QED) is 0.619. The van der Waals surface area contributed by atoms with Crippen LogP contribution in [-0.4, -0.2) is 30.0 Å². The van der Waals surface area contributed by atoms with Crippen molar-refractivity contribution in [1.82, 2.24) is 4.98 Å². The topological polar surface area (TPSA) is 120 Å². The standard InChI is InChI=1S/C11H16N4O3/c1-2-18-9(16)3-4-14-11-8(10(13)17)5-7(12)6-15-11/h5-6H,2-4,12H2,1H3,(H2,13,17)(H,14,15). The second kappa shape index (κ2) is 6.43. The van der Waals surface area contributed by atoms with E-state index in [9.17, 15) is 9.59 Å². The summed E-state index contributed by atoms with van der Waals surface area (Å²) in [6.07, 6.45) is 1.58. The van der Waals surface area contributed by atoms with E-state index in [1.165, 1.54) is 12.3 Å². The van der Waals surface area contributed by atoms with Gasteiger partial charge in [-0.1, -0.05) is 0 Å². The molecule has 0 atom stereocenters. The van der Waals surface area contributed by atoms with E-state index in [1.807, 2.05) is 0 Å². The second-order valence-electron chi connectivity index (χ2n) is 3.51. The third-order valence-electron chi connectivity index (χ3n) is 2.10. The van der Waals surface area contributed by atoms with E-state index in [1.54, 1.807) is 6.92 Å². The van der Waals surface area contributed by atoms with Crippen LogP contribution in [0.4, 0.5) is 11.5 Å². The summed E-state index contributed by atoms with van der Waals surface area (Å²) in [5, 5.41) is 2.84. The molecule has 0 saturated heterocycles. The largest absolute Gasteiger partial charge is 0.466 e. The Kier molecular flexibility index (Phi) is 4.91. The Balaban J connectivity index is 2.62. The number of nitrogens with one attached hydrogen (secondary N) is 1. The molecule has 0 radical (unpaired) electrons. The molecular weight excluding hydrogens is 236 g/mol. The molecule has 5 N–H and O–H groups in total. The summed E-state index contributed by atoms with van der Waals surface area (Å²) in [6, 6.07) is 1.43. The molecule has 0 saturated carbocycles. The molecule has 0 spiro atoms. The van der Waals surface area contributed by atoms with Gasteiger partial charge in [0.1, 0.15) is 5.82 Å². The second-order valence-corrected chi connectivity index (χ2v) is 3.51. The summed E-state index contributed by atoms with van der Waals surface area (Å²) in [6.45, 7) is 2.37. The van der Waals surface area contributed by atoms with Gasteiger partial charge in [-0.2, -0.15) is 0 Å². The fourth-order valence-electron chi connectivity index (χ4n) is 1.33. The number of ether oxygens (including phenoxy) is 1. The van der Waals surface area contributed by atoms with Crippen molar-refractivity contribution in [3.63, 3.8) is 0 Å².